The number of H-pyrrole nitrogens is 1. The highest BCUT2D eigenvalue weighted by Crippen LogP contribution is 2.29. The fourth-order valence-electron chi connectivity index (χ4n) is 2.89. The molecule has 0 bridgehead atoms. The number of pyridine rings is 1. The van der Waals surface area contributed by atoms with E-state index in [1.165, 1.54) is 0 Å². The first-order valence-corrected chi connectivity index (χ1v) is 7.89. The maximum atomic E-state index is 4.64. The van der Waals surface area contributed by atoms with Crippen molar-refractivity contribution in [2.45, 2.75) is 20.3 Å². The number of nitrogens with one attached hydrogen (secondary N) is 1. The summed E-state index contributed by atoms with van der Waals surface area (Å²) in [5.41, 5.74) is 4.18. The molecule has 0 spiro atoms. The lowest BCUT2D eigenvalue weighted by atomic mass is 10.0. The van der Waals surface area contributed by atoms with Gasteiger partial charge in [-0.3, -0.25) is 4.98 Å². The molecule has 0 saturated carbocycles. The van der Waals surface area contributed by atoms with Gasteiger partial charge < -0.3 is 4.98 Å². The van der Waals surface area contributed by atoms with Gasteiger partial charge >= 0.3 is 0 Å². The van der Waals surface area contributed by atoms with Crippen LogP contribution < -0.4 is 0 Å². The first-order chi connectivity index (χ1) is 11.2. The summed E-state index contributed by atoms with van der Waals surface area (Å²) < 4.78 is 0. The SMILES string of the molecule is CC(C)Cc1ncc2c(-c3ccc4ncccc4c3)c[nH]c2n1. The molecule has 0 aliphatic rings. The molecule has 3 heterocycles. The molecule has 0 atom stereocenters. The Kier molecular flexibility index (Phi) is 3.30. The molecule has 0 amide bonds. The lowest BCUT2D eigenvalue weighted by molar-refractivity contribution is 0.622. The van der Waals surface area contributed by atoms with E-state index in [1.54, 1.807) is 0 Å². The van der Waals surface area contributed by atoms with Gasteiger partial charge in [-0.25, -0.2) is 9.97 Å². The molecular formula is C19H18N4. The first kappa shape index (κ1) is 13.9. The average Bonchev–Trinajstić information content (AvgIpc) is 2.97. The van der Waals surface area contributed by atoms with Crippen LogP contribution in [0.5, 0.6) is 0 Å². The maximum absolute atomic E-state index is 4.64. The molecule has 4 aromatic rings. The molecule has 23 heavy (non-hydrogen) atoms. The minimum absolute atomic E-state index is 0.551. The van der Waals surface area contributed by atoms with Gasteiger partial charge in [0.1, 0.15) is 11.5 Å². The number of hydrogen-bond acceptors (Lipinski definition) is 3. The third-order valence-electron chi connectivity index (χ3n) is 3.99. The largest absolute Gasteiger partial charge is 0.345 e. The lowest BCUT2D eigenvalue weighted by Gasteiger charge is -2.04. The first-order valence-electron chi connectivity index (χ1n) is 7.89. The van der Waals surface area contributed by atoms with Gasteiger partial charge in [0.2, 0.25) is 0 Å². The number of fused-ring (bicyclic) bond motifs is 2. The van der Waals surface area contributed by atoms with E-state index in [0.717, 1.165) is 45.3 Å². The van der Waals surface area contributed by atoms with Crippen LogP contribution in [0.3, 0.4) is 0 Å². The minimum atomic E-state index is 0.551. The zero-order chi connectivity index (χ0) is 15.8. The van der Waals surface area contributed by atoms with Crippen LogP contribution in [-0.2, 0) is 6.42 Å². The van der Waals surface area contributed by atoms with Crippen LogP contribution in [0.1, 0.15) is 19.7 Å². The zero-order valence-corrected chi connectivity index (χ0v) is 13.2. The summed E-state index contributed by atoms with van der Waals surface area (Å²) in [7, 11) is 0. The van der Waals surface area contributed by atoms with E-state index in [9.17, 15) is 0 Å². The van der Waals surface area contributed by atoms with Gasteiger partial charge in [0.05, 0.1) is 5.52 Å². The molecule has 114 valence electrons. The van der Waals surface area contributed by atoms with Gasteiger partial charge in [-0.05, 0) is 29.7 Å². The van der Waals surface area contributed by atoms with Crippen molar-refractivity contribution in [2.24, 2.45) is 5.92 Å². The smallest absolute Gasteiger partial charge is 0.141 e. The van der Waals surface area contributed by atoms with E-state index in [4.69, 9.17) is 0 Å². The highest BCUT2D eigenvalue weighted by molar-refractivity contribution is 5.95. The monoisotopic (exact) mass is 302 g/mol. The van der Waals surface area contributed by atoms with E-state index in [-0.39, 0.29) is 0 Å². The molecular weight excluding hydrogens is 284 g/mol. The second-order valence-electron chi connectivity index (χ2n) is 6.26. The zero-order valence-electron chi connectivity index (χ0n) is 13.2. The highest BCUT2D eigenvalue weighted by atomic mass is 14.9. The van der Waals surface area contributed by atoms with Crippen LogP contribution in [0.25, 0.3) is 33.1 Å². The van der Waals surface area contributed by atoms with Gasteiger partial charge in [0, 0.05) is 41.3 Å². The van der Waals surface area contributed by atoms with Gasteiger partial charge in [-0.1, -0.05) is 26.0 Å². The standard InChI is InChI=1S/C19H18N4/c1-12(2)8-18-21-11-16-15(10-22-19(16)23-18)13-5-6-17-14(9-13)4-3-7-20-17/h3-7,9-12H,8H2,1-2H3,(H,21,22,23). The molecule has 0 aliphatic carbocycles. The lowest BCUT2D eigenvalue weighted by Crippen LogP contribution is -2.00. The van der Waals surface area contributed by atoms with Crippen molar-refractivity contribution in [3.8, 4) is 11.1 Å². The molecule has 0 fully saturated rings. The number of aromatic nitrogens is 4. The van der Waals surface area contributed by atoms with Crippen molar-refractivity contribution >= 4 is 21.9 Å². The van der Waals surface area contributed by atoms with E-state index < -0.39 is 0 Å². The van der Waals surface area contributed by atoms with Gasteiger partial charge in [-0.15, -0.1) is 0 Å². The topological polar surface area (TPSA) is 54.5 Å². The molecule has 4 heteroatoms. The Morgan fingerprint density at radius 1 is 1.13 bits per heavy atom. The molecule has 3 aromatic heterocycles. The van der Waals surface area contributed by atoms with Crippen LogP contribution >= 0.6 is 0 Å². The minimum Gasteiger partial charge on any atom is -0.345 e. The van der Waals surface area contributed by atoms with Crippen LogP contribution in [0.4, 0.5) is 0 Å². The number of aromatic amines is 1. The summed E-state index contributed by atoms with van der Waals surface area (Å²) in [5, 5.41) is 2.19. The Hall–Kier alpha value is -2.75. The summed E-state index contributed by atoms with van der Waals surface area (Å²) >= 11 is 0. The van der Waals surface area contributed by atoms with Crippen LogP contribution in [0, 0.1) is 5.92 Å². The third-order valence-corrected chi connectivity index (χ3v) is 3.99. The van der Waals surface area contributed by atoms with Gasteiger partial charge in [0.25, 0.3) is 0 Å². The Bertz CT molecular complexity index is 985. The molecule has 4 rings (SSSR count). The van der Waals surface area contributed by atoms with Gasteiger partial charge in [0.15, 0.2) is 0 Å². The Morgan fingerprint density at radius 2 is 2.04 bits per heavy atom. The Balaban J connectivity index is 1.81. The predicted molar refractivity (Wildman–Crippen MR) is 93.2 cm³/mol. The summed E-state index contributed by atoms with van der Waals surface area (Å²) in [6.07, 6.45) is 6.65. The van der Waals surface area contributed by atoms with Crippen molar-refractivity contribution in [1.82, 2.24) is 19.9 Å². The number of hydrogen-bond donors (Lipinski definition) is 1. The summed E-state index contributed by atoms with van der Waals surface area (Å²) in [6, 6.07) is 10.4. The van der Waals surface area contributed by atoms with Crippen molar-refractivity contribution in [3.05, 3.63) is 54.7 Å². The maximum Gasteiger partial charge on any atom is 0.141 e. The second-order valence-corrected chi connectivity index (χ2v) is 6.26. The summed E-state index contributed by atoms with van der Waals surface area (Å²) in [6.45, 7) is 4.35. The fourth-order valence-corrected chi connectivity index (χ4v) is 2.89. The van der Waals surface area contributed by atoms with Crippen molar-refractivity contribution in [2.75, 3.05) is 0 Å². The quantitative estimate of drug-likeness (QED) is 0.611. The van der Waals surface area contributed by atoms with Crippen LogP contribution in [0.15, 0.2) is 48.9 Å². The van der Waals surface area contributed by atoms with Crippen molar-refractivity contribution in [3.63, 3.8) is 0 Å². The third kappa shape index (κ3) is 2.57. The van der Waals surface area contributed by atoms with Crippen LogP contribution in [-0.4, -0.2) is 19.9 Å². The molecule has 0 aliphatic heterocycles. The van der Waals surface area contributed by atoms with Gasteiger partial charge in [-0.2, -0.15) is 0 Å². The van der Waals surface area contributed by atoms with Crippen molar-refractivity contribution < 1.29 is 0 Å². The van der Waals surface area contributed by atoms with E-state index >= 15 is 0 Å². The molecule has 4 nitrogen and oxygen atoms in total. The van der Waals surface area contributed by atoms with Crippen LogP contribution in [0.2, 0.25) is 0 Å². The van der Waals surface area contributed by atoms with E-state index in [2.05, 4.69) is 58.0 Å². The molecule has 1 N–H and O–H groups in total. The summed E-state index contributed by atoms with van der Waals surface area (Å²) in [4.78, 5) is 16.8. The van der Waals surface area contributed by atoms with E-state index in [1.807, 2.05) is 24.7 Å². The molecule has 0 saturated heterocycles. The second kappa shape index (κ2) is 5.47. The molecule has 1 aromatic carbocycles. The highest BCUT2D eigenvalue weighted by Gasteiger charge is 2.10. The summed E-state index contributed by atoms with van der Waals surface area (Å²) in [5.74, 6) is 1.44. The number of benzene rings is 1. The average molecular weight is 302 g/mol. The number of nitrogens with zero attached hydrogens (tertiary/aromatic N) is 3. The van der Waals surface area contributed by atoms with E-state index in [0.29, 0.717) is 5.92 Å². The molecule has 0 radical (unpaired) electrons. The Labute approximate surface area is 134 Å². The Morgan fingerprint density at radius 3 is 2.91 bits per heavy atom. The normalized spacial score (nSPS) is 11.6. The molecule has 0 unspecified atom stereocenters. The fraction of sp³-hybridized carbons (Fsp3) is 0.211. The predicted octanol–water partition coefficient (Wildman–Crippen LogP) is 4.37. The number of rotatable bonds is 3. The van der Waals surface area contributed by atoms with Crippen molar-refractivity contribution in [1.29, 1.82) is 0 Å².